The van der Waals surface area contributed by atoms with Gasteiger partial charge in [0.25, 0.3) is 5.91 Å². The van der Waals surface area contributed by atoms with Crippen molar-refractivity contribution >= 4 is 33.4 Å². The molecule has 0 aliphatic rings. The van der Waals surface area contributed by atoms with Crippen LogP contribution in [0.15, 0.2) is 22.7 Å². The van der Waals surface area contributed by atoms with Gasteiger partial charge >= 0.3 is 0 Å². The minimum Gasteiger partial charge on any atom is -0.346 e. The van der Waals surface area contributed by atoms with Gasteiger partial charge < -0.3 is 5.32 Å². The van der Waals surface area contributed by atoms with Crippen LogP contribution in [0.1, 0.15) is 36.2 Å². The van der Waals surface area contributed by atoms with Crippen molar-refractivity contribution in [1.29, 1.82) is 0 Å². The smallest absolute Gasteiger partial charge is 0.252 e. The minimum absolute atomic E-state index is 0.0921. The fraction of sp³-hybridized carbons (Fsp3) is 0.462. The molecule has 0 saturated carbocycles. The molecule has 1 amide bonds. The molecule has 0 fully saturated rings. The second-order valence-electron chi connectivity index (χ2n) is 4.44. The Kier molecular flexibility index (Phi) is 5.02. The predicted octanol–water partition coefficient (Wildman–Crippen LogP) is 3.89. The molecule has 1 N–H and O–H groups in total. The van der Waals surface area contributed by atoms with Crippen molar-refractivity contribution in [2.75, 3.05) is 5.88 Å². The molecule has 1 aromatic carbocycles. The third-order valence-electron chi connectivity index (χ3n) is 2.93. The molecule has 0 spiro atoms. The minimum atomic E-state index is -0.359. The Balaban J connectivity index is 2.94. The van der Waals surface area contributed by atoms with E-state index in [1.165, 1.54) is 0 Å². The maximum absolute atomic E-state index is 12.2. The van der Waals surface area contributed by atoms with Crippen molar-refractivity contribution in [3.63, 3.8) is 0 Å². The fourth-order valence-electron chi connectivity index (χ4n) is 1.38. The van der Waals surface area contributed by atoms with Crippen LogP contribution in [0.5, 0.6) is 0 Å². The number of nitrogens with one attached hydrogen (secondary N) is 1. The molecular weight excluding hydrogens is 302 g/mol. The third-order valence-corrected chi connectivity index (χ3v) is 4.57. The summed E-state index contributed by atoms with van der Waals surface area (Å²) in [5.74, 6) is 0.309. The van der Waals surface area contributed by atoms with E-state index in [2.05, 4.69) is 21.2 Å². The highest BCUT2D eigenvalue weighted by Gasteiger charge is 2.24. The van der Waals surface area contributed by atoms with Crippen molar-refractivity contribution < 1.29 is 4.79 Å². The number of hydrogen-bond acceptors (Lipinski definition) is 1. The molecule has 94 valence electrons. The number of rotatable bonds is 4. The summed E-state index contributed by atoms with van der Waals surface area (Å²) < 4.78 is 0.838. The van der Waals surface area contributed by atoms with Crippen LogP contribution in [0.2, 0.25) is 0 Å². The quantitative estimate of drug-likeness (QED) is 0.838. The molecule has 0 saturated heterocycles. The summed E-state index contributed by atoms with van der Waals surface area (Å²) in [6, 6.07) is 5.64. The van der Waals surface area contributed by atoms with Crippen molar-refractivity contribution in [1.82, 2.24) is 5.32 Å². The average molecular weight is 319 g/mol. The molecule has 0 heterocycles. The van der Waals surface area contributed by atoms with Crippen LogP contribution in [0.4, 0.5) is 0 Å². The van der Waals surface area contributed by atoms with Gasteiger partial charge in [-0.1, -0.05) is 19.1 Å². The lowest BCUT2D eigenvalue weighted by Gasteiger charge is -2.27. The first kappa shape index (κ1) is 14.5. The van der Waals surface area contributed by atoms with Gasteiger partial charge in [0.2, 0.25) is 0 Å². The fourth-order valence-corrected chi connectivity index (χ4v) is 2.08. The first-order valence-electron chi connectivity index (χ1n) is 5.57. The molecule has 2 nitrogen and oxygen atoms in total. The summed E-state index contributed by atoms with van der Waals surface area (Å²) >= 11 is 9.32. The zero-order valence-electron chi connectivity index (χ0n) is 10.3. The molecule has 1 unspecified atom stereocenters. The number of carbonyl (C=O) groups is 1. The predicted molar refractivity (Wildman–Crippen MR) is 75.8 cm³/mol. The molecule has 4 heteroatoms. The van der Waals surface area contributed by atoms with Crippen molar-refractivity contribution in [3.8, 4) is 0 Å². The van der Waals surface area contributed by atoms with E-state index in [9.17, 15) is 4.79 Å². The van der Waals surface area contributed by atoms with Gasteiger partial charge in [0.1, 0.15) is 0 Å². The highest BCUT2D eigenvalue weighted by atomic mass is 79.9. The van der Waals surface area contributed by atoms with E-state index in [4.69, 9.17) is 11.6 Å². The Morgan fingerprint density at radius 2 is 2.18 bits per heavy atom. The number of aryl methyl sites for hydroxylation is 1. The topological polar surface area (TPSA) is 29.1 Å². The van der Waals surface area contributed by atoms with E-state index in [1.54, 1.807) is 6.07 Å². The van der Waals surface area contributed by atoms with Crippen LogP contribution >= 0.6 is 27.5 Å². The van der Waals surface area contributed by atoms with Crippen molar-refractivity contribution in [2.45, 2.75) is 32.7 Å². The Morgan fingerprint density at radius 1 is 1.53 bits per heavy atom. The van der Waals surface area contributed by atoms with Crippen molar-refractivity contribution in [2.24, 2.45) is 0 Å². The number of amides is 1. The third kappa shape index (κ3) is 3.46. The highest BCUT2D eigenvalue weighted by Crippen LogP contribution is 2.22. The second kappa shape index (κ2) is 5.87. The van der Waals surface area contributed by atoms with Gasteiger partial charge in [-0.3, -0.25) is 4.79 Å². The van der Waals surface area contributed by atoms with E-state index in [1.807, 2.05) is 32.9 Å². The van der Waals surface area contributed by atoms with Crippen LogP contribution < -0.4 is 5.32 Å². The molecule has 0 bridgehead atoms. The van der Waals surface area contributed by atoms with Gasteiger partial charge in [-0.2, -0.15) is 0 Å². The largest absolute Gasteiger partial charge is 0.346 e. The lowest BCUT2D eigenvalue weighted by atomic mass is 10.0. The molecule has 17 heavy (non-hydrogen) atoms. The Labute approximate surface area is 116 Å². The van der Waals surface area contributed by atoms with Gasteiger partial charge in [-0.15, -0.1) is 11.6 Å². The lowest BCUT2D eigenvalue weighted by Crippen LogP contribution is -2.47. The molecule has 1 rings (SSSR count). The first-order valence-corrected chi connectivity index (χ1v) is 6.90. The summed E-state index contributed by atoms with van der Waals surface area (Å²) in [6.45, 7) is 5.91. The summed E-state index contributed by atoms with van der Waals surface area (Å²) in [6.07, 6.45) is 0.797. The molecule has 0 aromatic heterocycles. The Bertz CT molecular complexity index is 416. The zero-order chi connectivity index (χ0) is 13.1. The number of benzene rings is 1. The normalized spacial score (nSPS) is 14.2. The van der Waals surface area contributed by atoms with Gasteiger partial charge in [-0.25, -0.2) is 0 Å². The van der Waals surface area contributed by atoms with Crippen LogP contribution in [0, 0.1) is 6.92 Å². The standard InChI is InChI=1S/C13H17BrClNO/c1-4-13(3,8-15)16-12(17)10-7-5-6-9(2)11(10)14/h5-7H,4,8H2,1-3H3,(H,16,17). The Hall–Kier alpha value is -0.540. The van der Waals surface area contributed by atoms with Crippen LogP contribution in [-0.4, -0.2) is 17.3 Å². The number of carbonyl (C=O) groups excluding carboxylic acids is 1. The van der Waals surface area contributed by atoms with Crippen LogP contribution in [0.3, 0.4) is 0 Å². The highest BCUT2D eigenvalue weighted by molar-refractivity contribution is 9.10. The van der Waals surface area contributed by atoms with Crippen molar-refractivity contribution in [3.05, 3.63) is 33.8 Å². The monoisotopic (exact) mass is 317 g/mol. The lowest BCUT2D eigenvalue weighted by molar-refractivity contribution is 0.0911. The van der Waals surface area contributed by atoms with Gasteiger partial charge in [0.05, 0.1) is 11.1 Å². The maximum Gasteiger partial charge on any atom is 0.252 e. The van der Waals surface area contributed by atoms with Gasteiger partial charge in [0.15, 0.2) is 0 Å². The van der Waals surface area contributed by atoms with Crippen LogP contribution in [-0.2, 0) is 0 Å². The number of halogens is 2. The summed E-state index contributed by atoms with van der Waals surface area (Å²) in [5, 5.41) is 2.98. The molecule has 0 radical (unpaired) electrons. The van der Waals surface area contributed by atoms with E-state index in [-0.39, 0.29) is 11.4 Å². The van der Waals surface area contributed by atoms with Gasteiger partial charge in [0, 0.05) is 10.4 Å². The van der Waals surface area contributed by atoms with Crippen LogP contribution in [0.25, 0.3) is 0 Å². The number of alkyl halides is 1. The van der Waals surface area contributed by atoms with E-state index in [0.29, 0.717) is 11.4 Å². The average Bonchev–Trinajstić information content (AvgIpc) is 2.32. The zero-order valence-corrected chi connectivity index (χ0v) is 12.7. The molecular formula is C13H17BrClNO. The Morgan fingerprint density at radius 3 is 2.71 bits per heavy atom. The number of hydrogen-bond donors (Lipinski definition) is 1. The van der Waals surface area contributed by atoms with E-state index >= 15 is 0 Å². The molecule has 0 aliphatic heterocycles. The second-order valence-corrected chi connectivity index (χ2v) is 5.50. The summed E-state index contributed by atoms with van der Waals surface area (Å²) in [4.78, 5) is 12.2. The van der Waals surface area contributed by atoms with E-state index < -0.39 is 0 Å². The molecule has 1 atom stereocenters. The maximum atomic E-state index is 12.2. The van der Waals surface area contributed by atoms with Gasteiger partial charge in [-0.05, 0) is 47.8 Å². The molecule has 0 aliphatic carbocycles. The first-order chi connectivity index (χ1) is 7.93. The summed E-state index contributed by atoms with van der Waals surface area (Å²) in [5.41, 5.74) is 1.33. The van der Waals surface area contributed by atoms with E-state index in [0.717, 1.165) is 16.5 Å². The SMILES string of the molecule is CCC(C)(CCl)NC(=O)c1cccc(C)c1Br. The molecule has 1 aromatic rings. The summed E-state index contributed by atoms with van der Waals surface area (Å²) in [7, 11) is 0.